The van der Waals surface area contributed by atoms with Crippen LogP contribution in [0.1, 0.15) is 48.0 Å². The van der Waals surface area contributed by atoms with E-state index in [9.17, 15) is 4.79 Å². The van der Waals surface area contributed by atoms with Gasteiger partial charge in [-0.05, 0) is 37.3 Å². The van der Waals surface area contributed by atoms with Gasteiger partial charge in [-0.3, -0.25) is 5.41 Å². The molecule has 1 unspecified atom stereocenters. The number of ether oxygens (including phenoxy) is 1. The number of nitrogens with one attached hydrogen (secondary N) is 2. The standard InChI is InChI=1S/C16H22N2O2/c1-20-16(19)14-8-4-2-6-12(14)10-11-13-7-3-5-9-15(17)18-13/h2,4,6,8,13H,3,5,7,9-11H2,1H3,(H2,17,18). The van der Waals surface area contributed by atoms with Crippen molar-refractivity contribution in [2.24, 2.45) is 0 Å². The highest BCUT2D eigenvalue weighted by atomic mass is 16.5. The average Bonchev–Trinajstić information content (AvgIpc) is 2.69. The molecule has 0 amide bonds. The van der Waals surface area contributed by atoms with E-state index in [0.29, 0.717) is 17.4 Å². The third-order valence-electron chi connectivity index (χ3n) is 3.79. The lowest BCUT2D eigenvalue weighted by molar-refractivity contribution is 0.0599. The van der Waals surface area contributed by atoms with Gasteiger partial charge in [0.1, 0.15) is 0 Å². The molecule has 108 valence electrons. The molecule has 1 aliphatic rings. The highest BCUT2D eigenvalue weighted by Gasteiger charge is 2.16. The molecule has 20 heavy (non-hydrogen) atoms. The Morgan fingerprint density at radius 3 is 3.00 bits per heavy atom. The van der Waals surface area contributed by atoms with Crippen LogP contribution in [0, 0.1) is 5.41 Å². The minimum atomic E-state index is -0.276. The number of aryl methyl sites for hydroxylation is 1. The summed E-state index contributed by atoms with van der Waals surface area (Å²) < 4.78 is 4.82. The third-order valence-corrected chi connectivity index (χ3v) is 3.79. The summed E-state index contributed by atoms with van der Waals surface area (Å²) in [6.07, 6.45) is 5.99. The molecule has 1 aromatic carbocycles. The highest BCUT2D eigenvalue weighted by Crippen LogP contribution is 2.17. The fraction of sp³-hybridized carbons (Fsp3) is 0.500. The molecule has 0 bridgehead atoms. The minimum absolute atomic E-state index is 0.276. The molecule has 2 N–H and O–H groups in total. The number of esters is 1. The Hall–Kier alpha value is -1.84. The molecule has 1 aliphatic heterocycles. The van der Waals surface area contributed by atoms with Gasteiger partial charge in [0.25, 0.3) is 0 Å². The Morgan fingerprint density at radius 2 is 2.20 bits per heavy atom. The number of benzene rings is 1. The van der Waals surface area contributed by atoms with Crippen LogP contribution in [0.5, 0.6) is 0 Å². The SMILES string of the molecule is COC(=O)c1ccccc1CCC1CCCCC(=N)N1. The fourth-order valence-corrected chi connectivity index (χ4v) is 2.68. The Bertz CT molecular complexity index is 485. The molecule has 1 atom stereocenters. The lowest BCUT2D eigenvalue weighted by atomic mass is 9.98. The molecule has 0 spiro atoms. The molecule has 1 fully saturated rings. The van der Waals surface area contributed by atoms with Crippen molar-refractivity contribution in [2.45, 2.75) is 44.6 Å². The zero-order valence-corrected chi connectivity index (χ0v) is 11.9. The maximum absolute atomic E-state index is 11.7. The van der Waals surface area contributed by atoms with Gasteiger partial charge in [-0.1, -0.05) is 24.6 Å². The number of carbonyl (C=O) groups excluding carboxylic acids is 1. The van der Waals surface area contributed by atoms with Crippen LogP contribution < -0.4 is 5.32 Å². The normalized spacial score (nSPS) is 19.1. The Kier molecular flexibility index (Phi) is 5.16. The van der Waals surface area contributed by atoms with Crippen molar-refractivity contribution >= 4 is 11.8 Å². The average molecular weight is 274 g/mol. The molecular formula is C16H22N2O2. The predicted molar refractivity (Wildman–Crippen MR) is 79.2 cm³/mol. The molecule has 4 nitrogen and oxygen atoms in total. The van der Waals surface area contributed by atoms with Crippen molar-refractivity contribution in [3.63, 3.8) is 0 Å². The summed E-state index contributed by atoms with van der Waals surface area (Å²) in [5.74, 6) is 0.371. The van der Waals surface area contributed by atoms with E-state index in [1.165, 1.54) is 13.5 Å². The van der Waals surface area contributed by atoms with Crippen molar-refractivity contribution in [3.05, 3.63) is 35.4 Å². The third kappa shape index (κ3) is 3.83. The quantitative estimate of drug-likeness (QED) is 0.830. The Balaban J connectivity index is 1.99. The van der Waals surface area contributed by atoms with E-state index in [1.807, 2.05) is 24.3 Å². The summed E-state index contributed by atoms with van der Waals surface area (Å²) in [7, 11) is 1.41. The molecular weight excluding hydrogens is 252 g/mol. The second kappa shape index (κ2) is 7.08. The van der Waals surface area contributed by atoms with Crippen molar-refractivity contribution in [1.29, 1.82) is 5.41 Å². The number of amidine groups is 1. The van der Waals surface area contributed by atoms with Gasteiger partial charge in [0.05, 0.1) is 18.5 Å². The number of methoxy groups -OCH3 is 1. The van der Waals surface area contributed by atoms with E-state index in [2.05, 4.69) is 5.32 Å². The van der Waals surface area contributed by atoms with Crippen molar-refractivity contribution in [2.75, 3.05) is 7.11 Å². The number of hydrogen-bond donors (Lipinski definition) is 2. The van der Waals surface area contributed by atoms with Crippen LogP contribution in [0.15, 0.2) is 24.3 Å². The molecule has 0 saturated carbocycles. The van der Waals surface area contributed by atoms with E-state index in [-0.39, 0.29) is 5.97 Å². The van der Waals surface area contributed by atoms with Crippen LogP contribution >= 0.6 is 0 Å². The largest absolute Gasteiger partial charge is 0.465 e. The second-order valence-electron chi connectivity index (χ2n) is 5.25. The van der Waals surface area contributed by atoms with Gasteiger partial charge in [0.15, 0.2) is 0 Å². The summed E-state index contributed by atoms with van der Waals surface area (Å²) >= 11 is 0. The van der Waals surface area contributed by atoms with Gasteiger partial charge >= 0.3 is 5.97 Å². The smallest absolute Gasteiger partial charge is 0.338 e. The van der Waals surface area contributed by atoms with Crippen molar-refractivity contribution in [3.8, 4) is 0 Å². The molecule has 0 aliphatic carbocycles. The van der Waals surface area contributed by atoms with Crippen LogP contribution in [-0.4, -0.2) is 25.0 Å². The van der Waals surface area contributed by atoms with E-state index in [1.54, 1.807) is 0 Å². The van der Waals surface area contributed by atoms with E-state index < -0.39 is 0 Å². The van der Waals surface area contributed by atoms with Gasteiger partial charge in [-0.25, -0.2) is 4.79 Å². The van der Waals surface area contributed by atoms with Gasteiger partial charge in [0.2, 0.25) is 0 Å². The number of rotatable bonds is 4. The summed E-state index contributed by atoms with van der Waals surface area (Å²) in [5, 5.41) is 11.1. The van der Waals surface area contributed by atoms with Crippen LogP contribution in [0.4, 0.5) is 0 Å². The topological polar surface area (TPSA) is 62.2 Å². The first-order valence-electron chi connectivity index (χ1n) is 7.21. The molecule has 2 rings (SSSR count). The zero-order valence-electron chi connectivity index (χ0n) is 11.9. The number of carbonyl (C=O) groups is 1. The van der Waals surface area contributed by atoms with Crippen molar-refractivity contribution < 1.29 is 9.53 Å². The summed E-state index contributed by atoms with van der Waals surface area (Å²) in [6, 6.07) is 7.94. The maximum Gasteiger partial charge on any atom is 0.338 e. The first-order valence-corrected chi connectivity index (χ1v) is 7.21. The van der Waals surface area contributed by atoms with E-state index in [0.717, 1.165) is 37.7 Å². The lowest BCUT2D eigenvalue weighted by Crippen LogP contribution is -2.32. The minimum Gasteiger partial charge on any atom is -0.465 e. The molecule has 0 radical (unpaired) electrons. The maximum atomic E-state index is 11.7. The summed E-state index contributed by atoms with van der Waals surface area (Å²) in [5.41, 5.74) is 1.68. The Labute approximate surface area is 120 Å². The van der Waals surface area contributed by atoms with Gasteiger partial charge in [0, 0.05) is 12.5 Å². The second-order valence-corrected chi connectivity index (χ2v) is 5.25. The molecule has 1 saturated heterocycles. The first kappa shape index (κ1) is 14.6. The zero-order chi connectivity index (χ0) is 14.4. The monoisotopic (exact) mass is 274 g/mol. The first-order chi connectivity index (χ1) is 9.70. The lowest BCUT2D eigenvalue weighted by Gasteiger charge is -2.17. The van der Waals surface area contributed by atoms with Crippen LogP contribution in [0.2, 0.25) is 0 Å². The van der Waals surface area contributed by atoms with E-state index in [4.69, 9.17) is 10.1 Å². The van der Waals surface area contributed by atoms with Gasteiger partial charge < -0.3 is 10.1 Å². The van der Waals surface area contributed by atoms with Crippen molar-refractivity contribution in [1.82, 2.24) is 5.32 Å². The van der Waals surface area contributed by atoms with Crippen LogP contribution in [-0.2, 0) is 11.2 Å². The highest BCUT2D eigenvalue weighted by molar-refractivity contribution is 5.91. The molecule has 1 aromatic rings. The molecule has 4 heteroatoms. The molecule has 1 heterocycles. The predicted octanol–water partition coefficient (Wildman–Crippen LogP) is 2.92. The van der Waals surface area contributed by atoms with Gasteiger partial charge in [-0.15, -0.1) is 0 Å². The van der Waals surface area contributed by atoms with Gasteiger partial charge in [-0.2, -0.15) is 0 Å². The summed E-state index contributed by atoms with van der Waals surface area (Å²) in [6.45, 7) is 0. The van der Waals surface area contributed by atoms with E-state index >= 15 is 0 Å². The number of hydrogen-bond acceptors (Lipinski definition) is 3. The molecule has 0 aromatic heterocycles. The Morgan fingerprint density at radius 1 is 1.40 bits per heavy atom. The van der Waals surface area contributed by atoms with Crippen LogP contribution in [0.3, 0.4) is 0 Å². The fourth-order valence-electron chi connectivity index (χ4n) is 2.68. The van der Waals surface area contributed by atoms with Crippen LogP contribution in [0.25, 0.3) is 0 Å². The summed E-state index contributed by atoms with van der Waals surface area (Å²) in [4.78, 5) is 11.7.